The molecule has 122 valence electrons. The van der Waals surface area contributed by atoms with Gasteiger partial charge in [-0.25, -0.2) is 4.21 Å². The average Bonchev–Trinajstić information content (AvgIpc) is 2.52. The van der Waals surface area contributed by atoms with Gasteiger partial charge in [-0.05, 0) is 61.7 Å². The van der Waals surface area contributed by atoms with Crippen LogP contribution in [0.3, 0.4) is 0 Å². The summed E-state index contributed by atoms with van der Waals surface area (Å²) in [7, 11) is -1.29. The predicted molar refractivity (Wildman–Crippen MR) is 93.9 cm³/mol. The number of nitrogens with two attached hydrogens (primary N) is 1. The van der Waals surface area contributed by atoms with E-state index < -0.39 is 16.8 Å². The third-order valence-electron chi connectivity index (χ3n) is 3.50. The van der Waals surface area contributed by atoms with Crippen LogP contribution in [-0.4, -0.2) is 16.2 Å². The van der Waals surface area contributed by atoms with Gasteiger partial charge in [0.25, 0.3) is 0 Å². The standard InChI is InChI=1S/C18H22N2O2S/c1-4-17(19)18(21)20-14-6-5-7-15(11-14)23(22)16-9-12(2)8-13(3)10-16/h5-11,17H,4,19H2,1-3H3,(H,20,21). The van der Waals surface area contributed by atoms with Crippen molar-refractivity contribution in [2.45, 2.75) is 43.0 Å². The van der Waals surface area contributed by atoms with E-state index in [4.69, 9.17) is 5.73 Å². The molecule has 23 heavy (non-hydrogen) atoms. The molecular formula is C18H22N2O2S. The minimum atomic E-state index is -1.29. The van der Waals surface area contributed by atoms with Crippen LogP contribution in [0.2, 0.25) is 0 Å². The molecule has 0 heterocycles. The Balaban J connectivity index is 2.25. The highest BCUT2D eigenvalue weighted by Crippen LogP contribution is 2.21. The first kappa shape index (κ1) is 17.4. The Bertz CT molecular complexity index is 723. The molecule has 0 aliphatic carbocycles. The minimum Gasteiger partial charge on any atom is -0.325 e. The first-order valence-electron chi connectivity index (χ1n) is 7.57. The molecule has 2 atom stereocenters. The lowest BCUT2D eigenvalue weighted by molar-refractivity contribution is -0.117. The van der Waals surface area contributed by atoms with Crippen LogP contribution >= 0.6 is 0 Å². The summed E-state index contributed by atoms with van der Waals surface area (Å²) >= 11 is 0. The molecule has 2 aromatic rings. The fraction of sp³-hybridized carbons (Fsp3) is 0.278. The van der Waals surface area contributed by atoms with Gasteiger partial charge in [-0.15, -0.1) is 0 Å². The largest absolute Gasteiger partial charge is 0.325 e. The fourth-order valence-electron chi connectivity index (χ4n) is 2.29. The van der Waals surface area contributed by atoms with Gasteiger partial charge in [0.1, 0.15) is 0 Å². The molecule has 0 aliphatic heterocycles. The van der Waals surface area contributed by atoms with E-state index >= 15 is 0 Å². The van der Waals surface area contributed by atoms with Gasteiger partial charge < -0.3 is 11.1 Å². The summed E-state index contributed by atoms with van der Waals surface area (Å²) in [5, 5.41) is 2.76. The molecule has 2 aromatic carbocycles. The van der Waals surface area contributed by atoms with E-state index in [2.05, 4.69) is 5.32 Å². The van der Waals surface area contributed by atoms with Crippen LogP contribution in [0.15, 0.2) is 52.3 Å². The van der Waals surface area contributed by atoms with Gasteiger partial charge in [-0.1, -0.05) is 19.1 Å². The molecule has 2 unspecified atom stereocenters. The lowest BCUT2D eigenvalue weighted by atomic mass is 10.2. The Morgan fingerprint density at radius 1 is 1.13 bits per heavy atom. The number of amides is 1. The highest BCUT2D eigenvalue weighted by Gasteiger charge is 2.13. The molecule has 2 rings (SSSR count). The van der Waals surface area contributed by atoms with Crippen molar-refractivity contribution in [3.8, 4) is 0 Å². The van der Waals surface area contributed by atoms with Crippen LogP contribution in [0.25, 0.3) is 0 Å². The number of hydrogen-bond acceptors (Lipinski definition) is 3. The van der Waals surface area contributed by atoms with Crippen molar-refractivity contribution in [1.82, 2.24) is 0 Å². The maximum Gasteiger partial charge on any atom is 0.241 e. The SMILES string of the molecule is CCC(N)C(=O)Nc1cccc(S(=O)c2cc(C)cc(C)c2)c1. The molecule has 4 nitrogen and oxygen atoms in total. The second kappa shape index (κ2) is 7.53. The van der Waals surface area contributed by atoms with Gasteiger partial charge in [-0.3, -0.25) is 4.79 Å². The highest BCUT2D eigenvalue weighted by atomic mass is 32.2. The van der Waals surface area contributed by atoms with E-state index in [1.807, 2.05) is 39.0 Å². The molecule has 0 aromatic heterocycles. The van der Waals surface area contributed by atoms with Gasteiger partial charge in [-0.2, -0.15) is 0 Å². The Morgan fingerprint density at radius 2 is 1.78 bits per heavy atom. The van der Waals surface area contributed by atoms with Gasteiger partial charge in [0.2, 0.25) is 5.91 Å². The Kier molecular flexibility index (Phi) is 5.69. The van der Waals surface area contributed by atoms with Crippen molar-refractivity contribution in [2.24, 2.45) is 5.73 Å². The molecule has 3 N–H and O–H groups in total. The number of rotatable bonds is 5. The molecule has 5 heteroatoms. The average molecular weight is 330 g/mol. The second-order valence-corrected chi connectivity index (χ2v) is 7.10. The Labute approximate surface area is 139 Å². The lowest BCUT2D eigenvalue weighted by Crippen LogP contribution is -2.34. The molecule has 0 radical (unpaired) electrons. The summed E-state index contributed by atoms with van der Waals surface area (Å²) < 4.78 is 12.8. The number of anilines is 1. The fourth-order valence-corrected chi connectivity index (χ4v) is 3.58. The van der Waals surface area contributed by atoms with E-state index in [0.29, 0.717) is 17.0 Å². The lowest BCUT2D eigenvalue weighted by Gasteiger charge is -2.11. The Hall–Kier alpha value is -1.98. The summed E-state index contributed by atoms with van der Waals surface area (Å²) in [4.78, 5) is 13.3. The summed E-state index contributed by atoms with van der Waals surface area (Å²) in [6, 6.07) is 12.4. The normalized spacial score (nSPS) is 13.4. The zero-order chi connectivity index (χ0) is 17.0. The zero-order valence-corrected chi connectivity index (χ0v) is 14.4. The molecule has 1 amide bonds. The summed E-state index contributed by atoms with van der Waals surface area (Å²) in [5.41, 5.74) is 8.47. The summed E-state index contributed by atoms with van der Waals surface area (Å²) in [6.07, 6.45) is 0.569. The first-order chi connectivity index (χ1) is 10.9. The molecule has 0 bridgehead atoms. The topological polar surface area (TPSA) is 72.2 Å². The van der Waals surface area contributed by atoms with Crippen molar-refractivity contribution in [1.29, 1.82) is 0 Å². The Morgan fingerprint density at radius 3 is 2.39 bits per heavy atom. The van der Waals surface area contributed by atoms with Gasteiger partial charge >= 0.3 is 0 Å². The van der Waals surface area contributed by atoms with Crippen molar-refractivity contribution < 1.29 is 9.00 Å². The van der Waals surface area contributed by atoms with Crippen LogP contribution in [0.1, 0.15) is 24.5 Å². The van der Waals surface area contributed by atoms with E-state index in [-0.39, 0.29) is 5.91 Å². The van der Waals surface area contributed by atoms with E-state index in [1.165, 1.54) is 0 Å². The molecule has 0 saturated heterocycles. The van der Waals surface area contributed by atoms with Crippen LogP contribution < -0.4 is 11.1 Å². The van der Waals surface area contributed by atoms with Crippen LogP contribution in [0.4, 0.5) is 5.69 Å². The van der Waals surface area contributed by atoms with Gasteiger partial charge in [0.05, 0.1) is 16.8 Å². The highest BCUT2D eigenvalue weighted by molar-refractivity contribution is 7.85. The van der Waals surface area contributed by atoms with Gasteiger partial charge in [0, 0.05) is 15.5 Å². The molecule has 0 aliphatic rings. The van der Waals surface area contributed by atoms with Crippen LogP contribution in [0, 0.1) is 13.8 Å². The van der Waals surface area contributed by atoms with Crippen molar-refractivity contribution in [3.05, 3.63) is 53.6 Å². The number of benzene rings is 2. The van der Waals surface area contributed by atoms with E-state index in [0.717, 1.165) is 16.0 Å². The predicted octanol–water partition coefficient (Wildman–Crippen LogP) is 3.15. The van der Waals surface area contributed by atoms with E-state index in [1.54, 1.807) is 24.3 Å². The molecule has 0 fully saturated rings. The summed E-state index contributed by atoms with van der Waals surface area (Å²) in [5.74, 6) is -0.234. The van der Waals surface area contributed by atoms with Crippen molar-refractivity contribution in [2.75, 3.05) is 5.32 Å². The quantitative estimate of drug-likeness (QED) is 0.884. The number of nitrogens with one attached hydrogen (secondary N) is 1. The number of carbonyl (C=O) groups is 1. The van der Waals surface area contributed by atoms with E-state index in [9.17, 15) is 9.00 Å². The number of carbonyl (C=O) groups excluding carboxylic acids is 1. The van der Waals surface area contributed by atoms with Crippen LogP contribution in [-0.2, 0) is 15.6 Å². The van der Waals surface area contributed by atoms with Crippen molar-refractivity contribution >= 4 is 22.4 Å². The van der Waals surface area contributed by atoms with Gasteiger partial charge in [0.15, 0.2) is 0 Å². The van der Waals surface area contributed by atoms with Crippen LogP contribution in [0.5, 0.6) is 0 Å². The third kappa shape index (κ3) is 4.50. The molecule has 0 spiro atoms. The smallest absolute Gasteiger partial charge is 0.241 e. The first-order valence-corrected chi connectivity index (χ1v) is 8.72. The second-order valence-electron chi connectivity index (χ2n) is 5.62. The number of aryl methyl sites for hydroxylation is 2. The maximum absolute atomic E-state index is 12.8. The molecular weight excluding hydrogens is 308 g/mol. The third-order valence-corrected chi connectivity index (χ3v) is 4.85. The molecule has 0 saturated carbocycles. The minimum absolute atomic E-state index is 0.234. The maximum atomic E-state index is 12.8. The van der Waals surface area contributed by atoms with Crippen molar-refractivity contribution in [3.63, 3.8) is 0 Å². The monoisotopic (exact) mass is 330 g/mol. The zero-order valence-electron chi connectivity index (χ0n) is 13.6. The summed E-state index contributed by atoms with van der Waals surface area (Å²) in [6.45, 7) is 5.82. The number of hydrogen-bond donors (Lipinski definition) is 2.